The van der Waals surface area contributed by atoms with Gasteiger partial charge in [-0.25, -0.2) is 0 Å². The van der Waals surface area contributed by atoms with Gasteiger partial charge in [-0.1, -0.05) is 33.1 Å². The maximum absolute atomic E-state index is 5.99. The van der Waals surface area contributed by atoms with Gasteiger partial charge in [0.05, 0.1) is 11.7 Å². The lowest BCUT2D eigenvalue weighted by atomic mass is 9.82. The van der Waals surface area contributed by atoms with Crippen LogP contribution >= 0.6 is 0 Å². The van der Waals surface area contributed by atoms with Gasteiger partial charge in [-0.15, -0.1) is 0 Å². The lowest BCUT2D eigenvalue weighted by Crippen LogP contribution is -2.43. The minimum atomic E-state index is 0.103. The molecule has 1 aromatic heterocycles. The molecule has 0 saturated heterocycles. The average Bonchev–Trinajstić information content (AvgIpc) is 2.80. The molecule has 16 heavy (non-hydrogen) atoms. The molecule has 2 N–H and O–H groups in total. The van der Waals surface area contributed by atoms with E-state index in [0.717, 1.165) is 0 Å². The fourth-order valence-corrected chi connectivity index (χ4v) is 2.63. The first-order valence-electron chi connectivity index (χ1n) is 6.43. The van der Waals surface area contributed by atoms with E-state index in [1.807, 2.05) is 6.20 Å². The van der Waals surface area contributed by atoms with Gasteiger partial charge in [-0.2, -0.15) is 5.10 Å². The van der Waals surface area contributed by atoms with Crippen molar-refractivity contribution in [2.24, 2.45) is 5.73 Å². The van der Waals surface area contributed by atoms with Crippen LogP contribution in [0.4, 0.5) is 0 Å². The van der Waals surface area contributed by atoms with Gasteiger partial charge in [0.25, 0.3) is 0 Å². The molecule has 0 amide bonds. The molecule has 1 aliphatic carbocycles. The molecule has 1 saturated carbocycles. The zero-order valence-corrected chi connectivity index (χ0v) is 10.4. The molecule has 3 nitrogen and oxygen atoms in total. The highest BCUT2D eigenvalue weighted by Crippen LogP contribution is 2.34. The molecule has 1 fully saturated rings. The van der Waals surface area contributed by atoms with Crippen molar-refractivity contribution in [2.45, 2.75) is 57.4 Å². The molecule has 0 atom stereocenters. The minimum Gasteiger partial charge on any atom is -0.328 e. The van der Waals surface area contributed by atoms with Crippen molar-refractivity contribution in [3.8, 4) is 0 Å². The summed E-state index contributed by atoms with van der Waals surface area (Å²) in [6.07, 6.45) is 10.5. The molecule has 0 unspecified atom stereocenters. The van der Waals surface area contributed by atoms with Crippen LogP contribution in [0.3, 0.4) is 0 Å². The van der Waals surface area contributed by atoms with Gasteiger partial charge in [0.1, 0.15) is 0 Å². The van der Waals surface area contributed by atoms with Gasteiger partial charge in [-0.05, 0) is 24.3 Å². The topological polar surface area (TPSA) is 43.8 Å². The van der Waals surface area contributed by atoms with Crippen molar-refractivity contribution < 1.29 is 0 Å². The zero-order chi connectivity index (χ0) is 11.6. The number of hydrogen-bond acceptors (Lipinski definition) is 2. The van der Waals surface area contributed by atoms with Crippen LogP contribution < -0.4 is 5.73 Å². The number of nitrogens with two attached hydrogens (primary N) is 1. The Balaban J connectivity index is 2.25. The van der Waals surface area contributed by atoms with E-state index in [1.54, 1.807) is 0 Å². The molecule has 0 aliphatic heterocycles. The quantitative estimate of drug-likeness (QED) is 0.852. The molecular weight excluding hydrogens is 198 g/mol. The Morgan fingerprint density at radius 1 is 1.38 bits per heavy atom. The highest BCUT2D eigenvalue weighted by Gasteiger charge is 2.33. The van der Waals surface area contributed by atoms with E-state index < -0.39 is 0 Å². The number of nitrogens with zero attached hydrogens (tertiary/aromatic N) is 2. The Hall–Kier alpha value is -0.830. The molecule has 2 rings (SSSR count). The summed E-state index contributed by atoms with van der Waals surface area (Å²) >= 11 is 0. The molecular formula is C13H23N3. The highest BCUT2D eigenvalue weighted by molar-refractivity contribution is 5.11. The first kappa shape index (κ1) is 11.6. The molecule has 0 spiro atoms. The zero-order valence-electron chi connectivity index (χ0n) is 10.4. The summed E-state index contributed by atoms with van der Waals surface area (Å²) in [5.41, 5.74) is 7.42. The Morgan fingerprint density at radius 3 is 2.56 bits per heavy atom. The molecule has 3 heteroatoms. The van der Waals surface area contributed by atoms with Crippen LogP contribution in [0.15, 0.2) is 12.4 Å². The molecule has 90 valence electrons. The van der Waals surface area contributed by atoms with Crippen LogP contribution in [0.5, 0.6) is 0 Å². The second-order valence-corrected chi connectivity index (χ2v) is 5.36. The van der Waals surface area contributed by atoms with Gasteiger partial charge in [0.15, 0.2) is 0 Å². The normalized spacial score (nSPS) is 20.2. The summed E-state index contributed by atoms with van der Waals surface area (Å²) in [5.74, 6) is 0.548. The third-order valence-corrected chi connectivity index (χ3v) is 3.92. The second kappa shape index (κ2) is 4.58. The van der Waals surface area contributed by atoms with Crippen molar-refractivity contribution in [3.63, 3.8) is 0 Å². The van der Waals surface area contributed by atoms with Crippen molar-refractivity contribution in [3.05, 3.63) is 18.0 Å². The molecule has 0 bridgehead atoms. The largest absolute Gasteiger partial charge is 0.328 e. The van der Waals surface area contributed by atoms with E-state index in [1.165, 1.54) is 37.7 Å². The summed E-state index contributed by atoms with van der Waals surface area (Å²) in [6.45, 7) is 5.13. The lowest BCUT2D eigenvalue weighted by molar-refractivity contribution is 0.182. The molecule has 1 aliphatic rings. The van der Waals surface area contributed by atoms with Crippen LogP contribution in [-0.4, -0.2) is 16.3 Å². The van der Waals surface area contributed by atoms with Gasteiger partial charge in [0, 0.05) is 12.7 Å². The SMILES string of the molecule is CC(C)c1cnn(C2(CN)CCCCC2)c1. The smallest absolute Gasteiger partial charge is 0.0749 e. The third kappa shape index (κ3) is 2.01. The van der Waals surface area contributed by atoms with Crippen molar-refractivity contribution in [1.82, 2.24) is 9.78 Å². The Morgan fingerprint density at radius 2 is 2.06 bits per heavy atom. The highest BCUT2D eigenvalue weighted by atomic mass is 15.3. The fraction of sp³-hybridized carbons (Fsp3) is 0.769. The van der Waals surface area contributed by atoms with Crippen LogP contribution in [-0.2, 0) is 5.54 Å². The third-order valence-electron chi connectivity index (χ3n) is 3.92. The summed E-state index contributed by atoms with van der Waals surface area (Å²) in [7, 11) is 0. The van der Waals surface area contributed by atoms with E-state index in [4.69, 9.17) is 5.73 Å². The molecule has 0 radical (unpaired) electrons. The van der Waals surface area contributed by atoms with Crippen LogP contribution in [0.25, 0.3) is 0 Å². The minimum absolute atomic E-state index is 0.103. The summed E-state index contributed by atoms with van der Waals surface area (Å²) in [4.78, 5) is 0. The van der Waals surface area contributed by atoms with E-state index in [-0.39, 0.29) is 5.54 Å². The molecule has 1 heterocycles. The van der Waals surface area contributed by atoms with E-state index in [0.29, 0.717) is 12.5 Å². The maximum atomic E-state index is 5.99. The molecule has 0 aromatic carbocycles. The van der Waals surface area contributed by atoms with E-state index in [2.05, 4.69) is 29.8 Å². The lowest BCUT2D eigenvalue weighted by Gasteiger charge is -2.36. The Labute approximate surface area is 98.0 Å². The predicted octanol–water partition coefficient (Wildman–Crippen LogP) is 2.62. The van der Waals surface area contributed by atoms with Crippen molar-refractivity contribution >= 4 is 0 Å². The predicted molar refractivity (Wildman–Crippen MR) is 66.4 cm³/mol. The first-order chi connectivity index (χ1) is 7.68. The Bertz CT molecular complexity index is 335. The van der Waals surface area contributed by atoms with E-state index in [9.17, 15) is 0 Å². The van der Waals surface area contributed by atoms with Gasteiger partial charge >= 0.3 is 0 Å². The van der Waals surface area contributed by atoms with Gasteiger partial charge in [-0.3, -0.25) is 4.68 Å². The summed E-state index contributed by atoms with van der Waals surface area (Å²) in [5, 5.41) is 4.54. The maximum Gasteiger partial charge on any atom is 0.0749 e. The second-order valence-electron chi connectivity index (χ2n) is 5.36. The Kier molecular flexibility index (Phi) is 3.33. The summed E-state index contributed by atoms with van der Waals surface area (Å²) < 4.78 is 2.14. The molecule has 1 aromatic rings. The van der Waals surface area contributed by atoms with E-state index >= 15 is 0 Å². The monoisotopic (exact) mass is 221 g/mol. The summed E-state index contributed by atoms with van der Waals surface area (Å²) in [6, 6.07) is 0. The average molecular weight is 221 g/mol. The van der Waals surface area contributed by atoms with Crippen molar-refractivity contribution in [1.29, 1.82) is 0 Å². The van der Waals surface area contributed by atoms with Gasteiger partial charge in [0.2, 0.25) is 0 Å². The van der Waals surface area contributed by atoms with Gasteiger partial charge < -0.3 is 5.73 Å². The standard InChI is InChI=1S/C13H23N3/c1-11(2)12-8-15-16(9-12)13(10-14)6-4-3-5-7-13/h8-9,11H,3-7,10,14H2,1-2H3. The first-order valence-corrected chi connectivity index (χ1v) is 6.43. The number of hydrogen-bond donors (Lipinski definition) is 1. The number of rotatable bonds is 3. The van der Waals surface area contributed by atoms with Crippen LogP contribution in [0, 0.1) is 0 Å². The fourth-order valence-electron chi connectivity index (χ4n) is 2.63. The number of aromatic nitrogens is 2. The van der Waals surface area contributed by atoms with Crippen molar-refractivity contribution in [2.75, 3.05) is 6.54 Å². The van der Waals surface area contributed by atoms with Crippen LogP contribution in [0.2, 0.25) is 0 Å². The van der Waals surface area contributed by atoms with Crippen LogP contribution in [0.1, 0.15) is 57.4 Å².